The molecule has 0 bridgehead atoms. The van der Waals surface area contributed by atoms with E-state index in [2.05, 4.69) is 9.55 Å². The van der Waals surface area contributed by atoms with Gasteiger partial charge in [-0.3, -0.25) is 4.79 Å². The predicted octanol–water partition coefficient (Wildman–Crippen LogP) is 4.29. The maximum absolute atomic E-state index is 13.3. The number of carbonyl (C=O) groups excluding carboxylic acids is 1. The molecule has 1 fully saturated rings. The van der Waals surface area contributed by atoms with E-state index in [4.69, 9.17) is 4.74 Å². The second kappa shape index (κ2) is 8.69. The molecular weight excluding hydrogens is 381 g/mol. The minimum Gasteiger partial charge on any atom is -0.497 e. The van der Waals surface area contributed by atoms with Gasteiger partial charge in [-0.2, -0.15) is 0 Å². The van der Waals surface area contributed by atoms with Crippen LogP contribution in [0.2, 0.25) is 0 Å². The highest BCUT2D eigenvalue weighted by atomic mass is 19.1. The van der Waals surface area contributed by atoms with E-state index in [0.29, 0.717) is 13.0 Å². The van der Waals surface area contributed by atoms with Gasteiger partial charge >= 0.3 is 0 Å². The number of likely N-dealkylation sites (tertiary alicyclic amines) is 1. The van der Waals surface area contributed by atoms with Gasteiger partial charge < -0.3 is 14.2 Å². The second-order valence-corrected chi connectivity index (χ2v) is 7.74. The average Bonchev–Trinajstić information content (AvgIpc) is 3.37. The van der Waals surface area contributed by atoms with Gasteiger partial charge in [0, 0.05) is 25.0 Å². The lowest BCUT2D eigenvalue weighted by molar-refractivity contribution is -0.131. The van der Waals surface area contributed by atoms with E-state index in [1.807, 2.05) is 42.3 Å². The molecule has 156 valence electrons. The van der Waals surface area contributed by atoms with E-state index in [9.17, 15) is 9.18 Å². The summed E-state index contributed by atoms with van der Waals surface area (Å²) in [7, 11) is 1.63. The zero-order valence-corrected chi connectivity index (χ0v) is 17.3. The Kier molecular flexibility index (Phi) is 5.84. The first-order chi connectivity index (χ1) is 14.5. The van der Waals surface area contributed by atoms with Crippen LogP contribution < -0.4 is 4.74 Å². The van der Waals surface area contributed by atoms with Gasteiger partial charge in [0.2, 0.25) is 5.91 Å². The van der Waals surface area contributed by atoms with Crippen molar-refractivity contribution in [2.45, 2.75) is 38.8 Å². The number of carbonyl (C=O) groups is 1. The average molecular weight is 407 g/mol. The Morgan fingerprint density at radius 1 is 1.13 bits per heavy atom. The Balaban J connectivity index is 1.53. The van der Waals surface area contributed by atoms with Gasteiger partial charge in [-0.15, -0.1) is 0 Å². The number of halogens is 1. The summed E-state index contributed by atoms with van der Waals surface area (Å²) in [6.45, 7) is 3.36. The predicted molar refractivity (Wildman–Crippen MR) is 113 cm³/mol. The van der Waals surface area contributed by atoms with Crippen LogP contribution >= 0.6 is 0 Å². The van der Waals surface area contributed by atoms with Crippen molar-refractivity contribution in [1.29, 1.82) is 0 Å². The zero-order chi connectivity index (χ0) is 21.1. The van der Waals surface area contributed by atoms with Gasteiger partial charge in [-0.25, -0.2) is 9.37 Å². The molecule has 0 N–H and O–H groups in total. The third kappa shape index (κ3) is 4.22. The smallest absolute Gasteiger partial charge is 0.227 e. The highest BCUT2D eigenvalue weighted by Crippen LogP contribution is 2.32. The van der Waals surface area contributed by atoms with Crippen LogP contribution in [-0.2, 0) is 17.8 Å². The quantitative estimate of drug-likeness (QED) is 0.612. The summed E-state index contributed by atoms with van der Waals surface area (Å²) in [6.07, 6.45) is 4.07. The van der Waals surface area contributed by atoms with Crippen LogP contribution in [0.5, 0.6) is 5.75 Å². The molecule has 1 aliphatic rings. The Bertz CT molecular complexity index is 1010. The number of aromatic nitrogens is 2. The number of hydrogen-bond acceptors (Lipinski definition) is 3. The van der Waals surface area contributed by atoms with Crippen molar-refractivity contribution in [3.63, 3.8) is 0 Å². The number of imidazole rings is 1. The molecule has 1 saturated heterocycles. The largest absolute Gasteiger partial charge is 0.497 e. The van der Waals surface area contributed by atoms with Crippen LogP contribution in [0, 0.1) is 12.7 Å². The maximum Gasteiger partial charge on any atom is 0.227 e. The van der Waals surface area contributed by atoms with Crippen LogP contribution in [0.4, 0.5) is 4.39 Å². The van der Waals surface area contributed by atoms with Crippen LogP contribution in [0.1, 0.15) is 41.5 Å². The zero-order valence-electron chi connectivity index (χ0n) is 17.3. The van der Waals surface area contributed by atoms with Gasteiger partial charge in [-0.05, 0) is 55.2 Å². The maximum atomic E-state index is 13.3. The molecule has 1 aromatic heterocycles. The van der Waals surface area contributed by atoms with Gasteiger partial charge in [0.25, 0.3) is 0 Å². The van der Waals surface area contributed by atoms with Gasteiger partial charge in [-0.1, -0.05) is 24.3 Å². The van der Waals surface area contributed by atoms with E-state index >= 15 is 0 Å². The minimum atomic E-state index is -0.243. The highest BCUT2D eigenvalue weighted by Gasteiger charge is 2.33. The highest BCUT2D eigenvalue weighted by molar-refractivity contribution is 5.79. The molecule has 0 aliphatic carbocycles. The number of rotatable bonds is 6. The van der Waals surface area contributed by atoms with Crippen molar-refractivity contribution < 1.29 is 13.9 Å². The summed E-state index contributed by atoms with van der Waals surface area (Å²) in [4.78, 5) is 19.7. The van der Waals surface area contributed by atoms with E-state index in [-0.39, 0.29) is 17.8 Å². The molecule has 1 amide bonds. The normalized spacial score (nSPS) is 16.1. The SMILES string of the molecule is COc1ccc(CC(=O)N2CCCC2c2ncc(C)n2Cc2ccc(F)cc2)cc1. The molecule has 0 saturated carbocycles. The first-order valence-corrected chi connectivity index (χ1v) is 10.2. The summed E-state index contributed by atoms with van der Waals surface area (Å²) >= 11 is 0. The van der Waals surface area contributed by atoms with E-state index in [1.165, 1.54) is 12.1 Å². The molecule has 30 heavy (non-hydrogen) atoms. The number of ether oxygens (including phenoxy) is 1. The number of nitrogens with zero attached hydrogens (tertiary/aromatic N) is 3. The van der Waals surface area contributed by atoms with Crippen molar-refractivity contribution in [1.82, 2.24) is 14.5 Å². The van der Waals surface area contributed by atoms with Crippen LogP contribution in [0.25, 0.3) is 0 Å². The second-order valence-electron chi connectivity index (χ2n) is 7.74. The Morgan fingerprint density at radius 3 is 2.53 bits per heavy atom. The van der Waals surface area contributed by atoms with E-state index in [0.717, 1.165) is 47.8 Å². The molecule has 1 aliphatic heterocycles. The summed E-state index contributed by atoms with van der Waals surface area (Å²) < 4.78 is 20.6. The fraction of sp³-hybridized carbons (Fsp3) is 0.333. The molecule has 4 rings (SSSR count). The van der Waals surface area contributed by atoms with Crippen molar-refractivity contribution >= 4 is 5.91 Å². The molecule has 1 atom stereocenters. The molecule has 0 spiro atoms. The summed E-state index contributed by atoms with van der Waals surface area (Å²) in [5.74, 6) is 1.55. The standard InChI is InChI=1S/C24H26FN3O2/c1-17-15-26-24(28(17)16-19-5-9-20(25)10-6-19)22-4-3-13-27(22)23(29)14-18-7-11-21(30-2)12-8-18/h5-12,15,22H,3-4,13-14,16H2,1-2H3. The summed E-state index contributed by atoms with van der Waals surface area (Å²) in [6, 6.07) is 14.1. The molecule has 2 aromatic carbocycles. The molecule has 1 unspecified atom stereocenters. The summed E-state index contributed by atoms with van der Waals surface area (Å²) in [5.41, 5.74) is 3.01. The fourth-order valence-electron chi connectivity index (χ4n) is 4.08. The molecule has 3 aromatic rings. The monoisotopic (exact) mass is 407 g/mol. The lowest BCUT2D eigenvalue weighted by Crippen LogP contribution is -2.33. The Hall–Kier alpha value is -3.15. The van der Waals surface area contributed by atoms with Gasteiger partial charge in [0.1, 0.15) is 17.4 Å². The lowest BCUT2D eigenvalue weighted by Gasteiger charge is -2.25. The summed E-state index contributed by atoms with van der Waals surface area (Å²) in [5, 5.41) is 0. The van der Waals surface area contributed by atoms with Crippen LogP contribution in [-0.4, -0.2) is 34.0 Å². The first kappa shape index (κ1) is 20.1. The fourth-order valence-corrected chi connectivity index (χ4v) is 4.08. The van der Waals surface area contributed by atoms with Crippen molar-refractivity contribution in [3.8, 4) is 5.75 Å². The van der Waals surface area contributed by atoms with Crippen molar-refractivity contribution in [3.05, 3.63) is 83.2 Å². The van der Waals surface area contributed by atoms with Gasteiger partial charge in [0.15, 0.2) is 0 Å². The van der Waals surface area contributed by atoms with Crippen LogP contribution in [0.3, 0.4) is 0 Å². The molecule has 2 heterocycles. The molecule has 5 nitrogen and oxygen atoms in total. The van der Waals surface area contributed by atoms with E-state index < -0.39 is 0 Å². The van der Waals surface area contributed by atoms with E-state index in [1.54, 1.807) is 19.2 Å². The Morgan fingerprint density at radius 2 is 1.83 bits per heavy atom. The molecule has 6 heteroatoms. The molecule has 0 radical (unpaired) electrons. The topological polar surface area (TPSA) is 47.4 Å². The minimum absolute atomic E-state index is 0.0371. The molecular formula is C24H26FN3O2. The third-order valence-corrected chi connectivity index (χ3v) is 5.73. The number of hydrogen-bond donors (Lipinski definition) is 0. The lowest BCUT2D eigenvalue weighted by atomic mass is 10.1. The number of amides is 1. The Labute approximate surface area is 176 Å². The number of aryl methyl sites for hydroxylation is 1. The first-order valence-electron chi connectivity index (χ1n) is 10.2. The van der Waals surface area contributed by atoms with Crippen LogP contribution in [0.15, 0.2) is 54.7 Å². The van der Waals surface area contributed by atoms with Gasteiger partial charge in [0.05, 0.1) is 19.6 Å². The van der Waals surface area contributed by atoms with Crippen molar-refractivity contribution in [2.75, 3.05) is 13.7 Å². The van der Waals surface area contributed by atoms with Crippen molar-refractivity contribution in [2.24, 2.45) is 0 Å². The third-order valence-electron chi connectivity index (χ3n) is 5.73. The number of methoxy groups -OCH3 is 1. The number of benzene rings is 2.